The number of carbonyl (C=O) groups is 2. The van der Waals surface area contributed by atoms with Crippen molar-refractivity contribution in [3.8, 4) is 0 Å². The van der Waals surface area contributed by atoms with Gasteiger partial charge in [-0.15, -0.1) is 0 Å². The number of fused-ring (bicyclic) bond motifs is 4. The second-order valence-electron chi connectivity index (χ2n) is 8.02. The minimum absolute atomic E-state index is 0.358. The topological polar surface area (TPSA) is 40.6 Å². The largest absolute Gasteiger partial charge is 0.342 e. The SMILES string of the molecule is O=C(CC1CCCC1)N1C[C@H]2C[C@H](C1)[C@H]1CCCC(=O)N1C2. The minimum atomic E-state index is 0.358. The van der Waals surface area contributed by atoms with E-state index in [1.165, 1.54) is 32.1 Å². The molecule has 4 nitrogen and oxygen atoms in total. The first-order chi connectivity index (χ1) is 10.7. The molecule has 22 heavy (non-hydrogen) atoms. The fraction of sp³-hybridized carbons (Fsp3) is 0.889. The van der Waals surface area contributed by atoms with Crippen LogP contribution in [0.3, 0.4) is 0 Å². The number of hydrogen-bond donors (Lipinski definition) is 0. The second kappa shape index (κ2) is 5.86. The van der Waals surface area contributed by atoms with Crippen LogP contribution in [0.2, 0.25) is 0 Å². The van der Waals surface area contributed by atoms with Crippen molar-refractivity contribution in [3.05, 3.63) is 0 Å². The Balaban J connectivity index is 1.41. The molecule has 2 bridgehead atoms. The molecule has 0 aromatic rings. The van der Waals surface area contributed by atoms with Gasteiger partial charge in [-0.25, -0.2) is 0 Å². The van der Waals surface area contributed by atoms with E-state index in [1.807, 2.05) is 0 Å². The molecule has 3 heterocycles. The summed E-state index contributed by atoms with van der Waals surface area (Å²) in [5, 5.41) is 0. The Hall–Kier alpha value is -1.06. The number of amides is 2. The lowest BCUT2D eigenvalue weighted by Gasteiger charge is -2.52. The van der Waals surface area contributed by atoms with Crippen molar-refractivity contribution in [3.63, 3.8) is 0 Å². The highest BCUT2D eigenvalue weighted by molar-refractivity contribution is 5.78. The van der Waals surface area contributed by atoms with Gasteiger partial charge in [0.05, 0.1) is 0 Å². The number of piperidine rings is 3. The zero-order valence-corrected chi connectivity index (χ0v) is 13.5. The molecule has 3 aliphatic heterocycles. The molecule has 0 N–H and O–H groups in total. The zero-order chi connectivity index (χ0) is 15.1. The molecule has 0 radical (unpaired) electrons. The highest BCUT2D eigenvalue weighted by atomic mass is 16.2. The molecule has 0 unspecified atom stereocenters. The third kappa shape index (κ3) is 2.65. The maximum absolute atomic E-state index is 12.7. The molecule has 4 rings (SSSR count). The summed E-state index contributed by atoms with van der Waals surface area (Å²) in [6.45, 7) is 2.68. The standard InChI is InChI=1S/C18H28N2O2/c21-17-7-3-6-16-15-8-14(11-20(16)17)10-19(12-15)18(22)9-13-4-1-2-5-13/h13-16H,1-12H2/t14-,15-,16-/m1/s1. The van der Waals surface area contributed by atoms with E-state index in [2.05, 4.69) is 9.80 Å². The molecule has 122 valence electrons. The van der Waals surface area contributed by atoms with Crippen LogP contribution >= 0.6 is 0 Å². The van der Waals surface area contributed by atoms with E-state index >= 15 is 0 Å². The van der Waals surface area contributed by atoms with E-state index in [-0.39, 0.29) is 0 Å². The lowest BCUT2D eigenvalue weighted by Crippen LogP contribution is -2.61. The van der Waals surface area contributed by atoms with Gasteiger partial charge in [0, 0.05) is 38.5 Å². The van der Waals surface area contributed by atoms with E-state index in [1.54, 1.807) is 0 Å². The van der Waals surface area contributed by atoms with Crippen molar-refractivity contribution < 1.29 is 9.59 Å². The van der Waals surface area contributed by atoms with Crippen LogP contribution in [-0.4, -0.2) is 47.3 Å². The highest BCUT2D eigenvalue weighted by Crippen LogP contribution is 2.38. The summed E-state index contributed by atoms with van der Waals surface area (Å²) in [6.07, 6.45) is 10.0. The molecule has 1 aliphatic carbocycles. The van der Waals surface area contributed by atoms with Gasteiger partial charge in [0.1, 0.15) is 0 Å². The molecule has 4 fully saturated rings. The Morgan fingerprint density at radius 3 is 2.68 bits per heavy atom. The van der Waals surface area contributed by atoms with Crippen molar-refractivity contribution in [1.29, 1.82) is 0 Å². The molecular weight excluding hydrogens is 276 g/mol. The van der Waals surface area contributed by atoms with Crippen LogP contribution in [-0.2, 0) is 9.59 Å². The summed E-state index contributed by atoms with van der Waals surface area (Å²) in [5.74, 6) is 2.43. The Labute approximate surface area is 133 Å². The summed E-state index contributed by atoms with van der Waals surface area (Å²) in [4.78, 5) is 29.1. The van der Waals surface area contributed by atoms with E-state index in [0.717, 1.165) is 45.3 Å². The zero-order valence-electron chi connectivity index (χ0n) is 13.5. The van der Waals surface area contributed by atoms with Crippen LogP contribution in [0.25, 0.3) is 0 Å². The number of hydrogen-bond acceptors (Lipinski definition) is 2. The van der Waals surface area contributed by atoms with Gasteiger partial charge in [0.25, 0.3) is 0 Å². The minimum Gasteiger partial charge on any atom is -0.342 e. The predicted octanol–water partition coefficient (Wildman–Crippen LogP) is 2.43. The molecule has 2 amide bonds. The first kappa shape index (κ1) is 14.5. The van der Waals surface area contributed by atoms with Crippen LogP contribution in [0, 0.1) is 17.8 Å². The fourth-order valence-electron chi connectivity index (χ4n) is 5.40. The van der Waals surface area contributed by atoms with Gasteiger partial charge in [-0.1, -0.05) is 12.8 Å². The molecule has 0 aromatic carbocycles. The van der Waals surface area contributed by atoms with E-state index < -0.39 is 0 Å². The number of nitrogens with zero attached hydrogens (tertiary/aromatic N) is 2. The van der Waals surface area contributed by atoms with Gasteiger partial charge >= 0.3 is 0 Å². The molecule has 1 saturated carbocycles. The molecule has 3 atom stereocenters. The second-order valence-corrected chi connectivity index (χ2v) is 8.02. The molecule has 0 spiro atoms. The summed E-state index contributed by atoms with van der Waals surface area (Å²) >= 11 is 0. The van der Waals surface area contributed by atoms with Crippen molar-refractivity contribution in [2.75, 3.05) is 19.6 Å². The van der Waals surface area contributed by atoms with E-state index in [0.29, 0.717) is 35.6 Å². The smallest absolute Gasteiger partial charge is 0.222 e. The van der Waals surface area contributed by atoms with Crippen molar-refractivity contribution in [2.24, 2.45) is 17.8 Å². The molecule has 4 aliphatic rings. The van der Waals surface area contributed by atoms with E-state index in [9.17, 15) is 9.59 Å². The monoisotopic (exact) mass is 304 g/mol. The first-order valence-corrected chi connectivity index (χ1v) is 9.28. The normalized spacial score (nSPS) is 35.6. The Morgan fingerprint density at radius 2 is 1.86 bits per heavy atom. The van der Waals surface area contributed by atoms with Crippen molar-refractivity contribution in [2.45, 2.75) is 63.8 Å². The molecule has 4 heteroatoms. The van der Waals surface area contributed by atoms with Gasteiger partial charge in [-0.3, -0.25) is 9.59 Å². The summed E-state index contributed by atoms with van der Waals surface area (Å²) in [7, 11) is 0. The third-order valence-electron chi connectivity index (χ3n) is 6.47. The van der Waals surface area contributed by atoms with E-state index in [4.69, 9.17) is 0 Å². The van der Waals surface area contributed by atoms with Crippen LogP contribution in [0.4, 0.5) is 0 Å². The molecular formula is C18H28N2O2. The number of carbonyl (C=O) groups excluding carboxylic acids is 2. The van der Waals surface area contributed by atoms with Gasteiger partial charge in [0.15, 0.2) is 0 Å². The van der Waals surface area contributed by atoms with Crippen LogP contribution in [0.1, 0.15) is 57.8 Å². The lowest BCUT2D eigenvalue weighted by molar-refractivity contribution is -0.149. The van der Waals surface area contributed by atoms with Crippen LogP contribution in [0.5, 0.6) is 0 Å². The Morgan fingerprint density at radius 1 is 1.05 bits per heavy atom. The average Bonchev–Trinajstić information content (AvgIpc) is 3.01. The Bertz CT molecular complexity index is 458. The van der Waals surface area contributed by atoms with Gasteiger partial charge in [-0.05, 0) is 49.9 Å². The maximum Gasteiger partial charge on any atom is 0.222 e. The van der Waals surface area contributed by atoms with Gasteiger partial charge in [0.2, 0.25) is 11.8 Å². The van der Waals surface area contributed by atoms with Gasteiger partial charge < -0.3 is 9.80 Å². The molecule has 0 aromatic heterocycles. The number of rotatable bonds is 2. The Kier molecular flexibility index (Phi) is 3.87. The van der Waals surface area contributed by atoms with Gasteiger partial charge in [-0.2, -0.15) is 0 Å². The van der Waals surface area contributed by atoms with Crippen LogP contribution in [0.15, 0.2) is 0 Å². The van der Waals surface area contributed by atoms with Crippen LogP contribution < -0.4 is 0 Å². The predicted molar refractivity (Wildman–Crippen MR) is 84.1 cm³/mol. The summed E-state index contributed by atoms with van der Waals surface area (Å²) < 4.78 is 0. The third-order valence-corrected chi connectivity index (χ3v) is 6.47. The van der Waals surface area contributed by atoms with Crippen molar-refractivity contribution in [1.82, 2.24) is 9.80 Å². The quantitative estimate of drug-likeness (QED) is 0.786. The summed E-state index contributed by atoms with van der Waals surface area (Å²) in [5.41, 5.74) is 0. The first-order valence-electron chi connectivity index (χ1n) is 9.28. The lowest BCUT2D eigenvalue weighted by atomic mass is 9.76. The molecule has 3 saturated heterocycles. The summed E-state index contributed by atoms with van der Waals surface area (Å²) in [6, 6.07) is 0.416. The fourth-order valence-corrected chi connectivity index (χ4v) is 5.40. The number of likely N-dealkylation sites (tertiary alicyclic amines) is 1. The average molecular weight is 304 g/mol. The maximum atomic E-state index is 12.7. The highest BCUT2D eigenvalue weighted by Gasteiger charge is 2.44. The van der Waals surface area contributed by atoms with Crippen molar-refractivity contribution >= 4 is 11.8 Å².